The second-order valence-electron chi connectivity index (χ2n) is 7.32. The Bertz CT molecular complexity index is 1180. The summed E-state index contributed by atoms with van der Waals surface area (Å²) >= 11 is 0. The lowest BCUT2D eigenvalue weighted by Gasteiger charge is -2.35. The van der Waals surface area contributed by atoms with Crippen molar-refractivity contribution in [3.05, 3.63) is 28.8 Å². The van der Waals surface area contributed by atoms with Crippen LogP contribution >= 0.6 is 0 Å². The Hall–Kier alpha value is -2.34. The molecule has 1 N–H and O–H groups in total. The van der Waals surface area contributed by atoms with E-state index in [4.69, 9.17) is 4.55 Å². The largest absolute Gasteiger partial charge is 0.460 e. The minimum absolute atomic E-state index is 2.20. The summed E-state index contributed by atoms with van der Waals surface area (Å²) in [5.74, 6) is -46.7. The van der Waals surface area contributed by atoms with Gasteiger partial charge in [0.2, 0.25) is 0 Å². The molecule has 0 atom stereocenters. The van der Waals surface area contributed by atoms with E-state index < -0.39 is 97.9 Å². The summed E-state index contributed by atoms with van der Waals surface area (Å²) in [6.07, 6.45) is -23.1. The lowest BCUT2D eigenvalue weighted by Crippen LogP contribution is -2.53. The smallest absolute Gasteiger partial charge is 0.282 e. The number of hydrogen-bond donors (Lipinski definition) is 1. The minimum atomic E-state index is -7.96. The van der Waals surface area contributed by atoms with Gasteiger partial charge in [-0.05, 0) is 12.1 Å². The Morgan fingerprint density at radius 1 is 0.450 bits per heavy atom. The number of alkyl halides is 21. The standard InChI is InChI=1S/C15H3F21O3S/c16-7(17,10(22,23)13(28,29)30)3-1-4(8(18,19)11(24,25)14(31,32)33)6(40(37,38)39)5(2-3)9(20,21)12(26,27)15(34,35)36/h1-2H,(H,37,38,39). The van der Waals surface area contributed by atoms with E-state index in [9.17, 15) is 101 Å². The molecule has 0 heterocycles. The van der Waals surface area contributed by atoms with Crippen LogP contribution in [0.5, 0.6) is 0 Å². The highest BCUT2D eigenvalue weighted by Crippen LogP contribution is 2.60. The molecular formula is C15H3F21O3S. The molecule has 1 aromatic carbocycles. The van der Waals surface area contributed by atoms with Gasteiger partial charge in [0.1, 0.15) is 4.90 Å². The molecule has 0 aliphatic rings. The van der Waals surface area contributed by atoms with Gasteiger partial charge in [-0.15, -0.1) is 0 Å². The molecule has 0 bridgehead atoms. The second kappa shape index (κ2) is 9.08. The Morgan fingerprint density at radius 3 is 0.875 bits per heavy atom. The van der Waals surface area contributed by atoms with Crippen molar-refractivity contribution in [2.24, 2.45) is 0 Å². The van der Waals surface area contributed by atoms with Crippen LogP contribution in [0.25, 0.3) is 0 Å². The van der Waals surface area contributed by atoms with Crippen molar-refractivity contribution in [3.8, 4) is 0 Å². The molecule has 234 valence electrons. The zero-order valence-electron chi connectivity index (χ0n) is 17.3. The van der Waals surface area contributed by atoms with Crippen molar-refractivity contribution in [2.45, 2.75) is 59.0 Å². The van der Waals surface area contributed by atoms with Gasteiger partial charge in [-0.2, -0.15) is 101 Å². The van der Waals surface area contributed by atoms with Crippen LogP contribution in [0.1, 0.15) is 16.7 Å². The topological polar surface area (TPSA) is 54.4 Å². The Morgan fingerprint density at radius 2 is 0.675 bits per heavy atom. The second-order valence-corrected chi connectivity index (χ2v) is 8.67. The monoisotopic (exact) mass is 662 g/mol. The van der Waals surface area contributed by atoms with Crippen molar-refractivity contribution in [2.75, 3.05) is 0 Å². The van der Waals surface area contributed by atoms with Crippen molar-refractivity contribution < 1.29 is 105 Å². The van der Waals surface area contributed by atoms with Crippen LogP contribution < -0.4 is 0 Å². The van der Waals surface area contributed by atoms with E-state index in [2.05, 4.69) is 0 Å². The maximum atomic E-state index is 14.3. The van der Waals surface area contributed by atoms with Crippen LogP contribution in [0.4, 0.5) is 92.2 Å². The molecule has 0 aliphatic heterocycles. The fraction of sp³-hybridized carbons (Fsp3) is 0.600. The summed E-state index contributed by atoms with van der Waals surface area (Å²) in [4.78, 5) is -4.23. The summed E-state index contributed by atoms with van der Waals surface area (Å²) in [7, 11) is -7.58. The predicted molar refractivity (Wildman–Crippen MR) is 80.9 cm³/mol. The van der Waals surface area contributed by atoms with Crippen LogP contribution in [0, 0.1) is 0 Å². The molecule has 0 saturated carbocycles. The fourth-order valence-corrected chi connectivity index (χ4v) is 3.54. The van der Waals surface area contributed by atoms with Crippen molar-refractivity contribution in [1.82, 2.24) is 0 Å². The molecule has 25 heteroatoms. The van der Waals surface area contributed by atoms with E-state index >= 15 is 0 Å². The first-order valence-corrected chi connectivity index (χ1v) is 10.0. The summed E-state index contributed by atoms with van der Waals surface area (Å²) in [5.41, 5.74) is -13.0. The summed E-state index contributed by atoms with van der Waals surface area (Å²) in [6.45, 7) is 0. The number of hydrogen-bond acceptors (Lipinski definition) is 2. The SMILES string of the molecule is O=S(=O)(O)c1c(C(F)(F)C(F)(F)C(F)(F)F)cc(C(F)(F)C(F)(F)C(F)(F)F)cc1C(F)(F)C(F)(F)C(F)(F)F. The number of benzene rings is 1. The van der Waals surface area contributed by atoms with Crippen LogP contribution in [0.2, 0.25) is 0 Å². The Labute approximate surface area is 204 Å². The van der Waals surface area contributed by atoms with E-state index in [1.165, 1.54) is 0 Å². The molecule has 0 aromatic heterocycles. The molecule has 1 aromatic rings. The Kier molecular flexibility index (Phi) is 8.10. The van der Waals surface area contributed by atoms with Crippen LogP contribution in [-0.4, -0.2) is 49.3 Å². The molecule has 0 amide bonds. The molecule has 0 saturated heterocycles. The maximum Gasteiger partial charge on any atom is 0.460 e. The lowest BCUT2D eigenvalue weighted by atomic mass is 9.89. The lowest BCUT2D eigenvalue weighted by molar-refractivity contribution is -0.363. The molecule has 0 fully saturated rings. The normalized spacial score (nSPS) is 15.9. The molecule has 0 spiro atoms. The fourth-order valence-electron chi connectivity index (χ4n) is 2.61. The molecule has 40 heavy (non-hydrogen) atoms. The van der Waals surface area contributed by atoms with Gasteiger partial charge >= 0.3 is 54.1 Å². The van der Waals surface area contributed by atoms with E-state index in [-0.39, 0.29) is 0 Å². The average molecular weight is 662 g/mol. The average Bonchev–Trinajstić information content (AvgIpc) is 2.69. The van der Waals surface area contributed by atoms with E-state index in [0.717, 1.165) is 0 Å². The Balaban J connectivity index is 4.70. The molecule has 0 radical (unpaired) electrons. The summed E-state index contributed by atoms with van der Waals surface area (Å²) in [6, 6.07) is -4.40. The van der Waals surface area contributed by atoms with Crippen molar-refractivity contribution in [3.63, 3.8) is 0 Å². The highest BCUT2D eigenvalue weighted by atomic mass is 32.2. The first-order chi connectivity index (χ1) is 17.0. The van der Waals surface area contributed by atoms with Crippen molar-refractivity contribution in [1.29, 1.82) is 0 Å². The first-order valence-electron chi connectivity index (χ1n) is 8.59. The van der Waals surface area contributed by atoms with E-state index in [0.29, 0.717) is 0 Å². The van der Waals surface area contributed by atoms with Gasteiger partial charge in [-0.25, -0.2) is 0 Å². The third-order valence-corrected chi connectivity index (χ3v) is 5.59. The van der Waals surface area contributed by atoms with Gasteiger partial charge in [0, 0.05) is 16.7 Å². The van der Waals surface area contributed by atoms with E-state index in [1.54, 1.807) is 0 Å². The van der Waals surface area contributed by atoms with E-state index in [1.807, 2.05) is 0 Å². The van der Waals surface area contributed by atoms with Gasteiger partial charge in [0.05, 0.1) is 0 Å². The van der Waals surface area contributed by atoms with Gasteiger partial charge < -0.3 is 0 Å². The third kappa shape index (κ3) is 5.10. The minimum Gasteiger partial charge on any atom is -0.282 e. The predicted octanol–water partition coefficient (Wildman–Crippen LogP) is 7.80. The number of halogens is 21. The third-order valence-electron chi connectivity index (χ3n) is 4.64. The van der Waals surface area contributed by atoms with Crippen LogP contribution in [0.3, 0.4) is 0 Å². The highest BCUT2D eigenvalue weighted by Gasteiger charge is 2.78. The van der Waals surface area contributed by atoms with Crippen LogP contribution in [0.15, 0.2) is 17.0 Å². The molecule has 0 unspecified atom stereocenters. The van der Waals surface area contributed by atoms with Crippen LogP contribution in [-0.2, 0) is 27.9 Å². The van der Waals surface area contributed by atoms with Gasteiger partial charge in [-0.1, -0.05) is 0 Å². The first kappa shape index (κ1) is 35.7. The van der Waals surface area contributed by atoms with Crippen molar-refractivity contribution >= 4 is 10.1 Å². The highest BCUT2D eigenvalue weighted by molar-refractivity contribution is 7.86. The van der Waals surface area contributed by atoms with Gasteiger partial charge in [0.15, 0.2) is 0 Å². The summed E-state index contributed by atoms with van der Waals surface area (Å²) in [5, 5.41) is 0. The molecule has 0 aliphatic carbocycles. The molecular weight excluding hydrogens is 659 g/mol. The molecule has 3 nitrogen and oxygen atoms in total. The zero-order valence-corrected chi connectivity index (χ0v) is 18.1. The summed E-state index contributed by atoms with van der Waals surface area (Å²) < 4.78 is 310. The van der Waals surface area contributed by atoms with Gasteiger partial charge in [-0.3, -0.25) is 4.55 Å². The molecule has 1 rings (SSSR count). The number of rotatable bonds is 7. The quantitative estimate of drug-likeness (QED) is 0.240. The maximum absolute atomic E-state index is 14.3. The van der Waals surface area contributed by atoms with Gasteiger partial charge in [0.25, 0.3) is 10.1 Å². The zero-order chi connectivity index (χ0) is 32.7.